The monoisotopic (exact) mass is 399 g/mol. The Morgan fingerprint density at radius 1 is 1.15 bits per heavy atom. The normalized spacial score (nSPS) is 20.2. The zero-order valence-electron chi connectivity index (χ0n) is 14.5. The Balaban J connectivity index is 0.00000243. The minimum Gasteiger partial charge on any atom is -0.438 e. The highest BCUT2D eigenvalue weighted by Crippen LogP contribution is 2.28. The zero-order valence-corrected chi connectivity index (χ0v) is 16.2. The number of hydrogen-bond donors (Lipinski definition) is 1. The van der Waals surface area contributed by atoms with Gasteiger partial charge in [0, 0.05) is 39.1 Å². The van der Waals surface area contributed by atoms with E-state index >= 15 is 0 Å². The number of hydrogen-bond acceptors (Lipinski definition) is 5. The van der Waals surface area contributed by atoms with E-state index in [-0.39, 0.29) is 41.1 Å². The number of halogens is 1. The molecule has 1 aromatic heterocycles. The fourth-order valence-corrected chi connectivity index (χ4v) is 3.75. The van der Waals surface area contributed by atoms with Gasteiger partial charge in [0.25, 0.3) is 15.9 Å². The molecule has 3 rings (SSSR count). The summed E-state index contributed by atoms with van der Waals surface area (Å²) >= 11 is 0. The highest BCUT2D eigenvalue weighted by Gasteiger charge is 2.35. The topological polar surface area (TPSA) is 96.9 Å². The second-order valence-electron chi connectivity index (χ2n) is 6.30. The van der Waals surface area contributed by atoms with E-state index in [1.54, 1.807) is 4.90 Å². The Kier molecular flexibility index (Phi) is 6.13. The maximum atomic E-state index is 12.6. The molecule has 9 heteroatoms. The van der Waals surface area contributed by atoms with Crippen molar-refractivity contribution in [1.29, 1.82) is 0 Å². The Labute approximate surface area is 159 Å². The van der Waals surface area contributed by atoms with Crippen molar-refractivity contribution in [2.24, 2.45) is 5.73 Å². The summed E-state index contributed by atoms with van der Waals surface area (Å²) in [4.78, 5) is 14.3. The standard InChI is InChI=1S/C17H21N3O4S.ClH/c1-19(2)25(22,23)16-9-8-15(24-16)17(21)20-10-13(14(18)11-20)12-6-4-3-5-7-12;/h3-9,13-14H,10-11,18H2,1-2H3;1H/t13-,14+;/m0./s1. The van der Waals surface area contributed by atoms with Crippen molar-refractivity contribution < 1.29 is 17.6 Å². The summed E-state index contributed by atoms with van der Waals surface area (Å²) in [5.74, 6) is -0.305. The van der Waals surface area contributed by atoms with Gasteiger partial charge in [-0.25, -0.2) is 12.7 Å². The van der Waals surface area contributed by atoms with Crippen LogP contribution in [0.1, 0.15) is 22.0 Å². The number of likely N-dealkylation sites (tertiary alicyclic amines) is 1. The van der Waals surface area contributed by atoms with Gasteiger partial charge in [0.15, 0.2) is 5.76 Å². The van der Waals surface area contributed by atoms with Crippen molar-refractivity contribution in [3.05, 3.63) is 53.8 Å². The van der Waals surface area contributed by atoms with E-state index in [1.807, 2.05) is 30.3 Å². The molecule has 1 saturated heterocycles. The molecule has 1 fully saturated rings. The van der Waals surface area contributed by atoms with Crippen molar-refractivity contribution in [3.63, 3.8) is 0 Å². The van der Waals surface area contributed by atoms with Crippen LogP contribution in [0.5, 0.6) is 0 Å². The average Bonchev–Trinajstić information content (AvgIpc) is 3.22. The Bertz CT molecular complexity index is 867. The predicted molar refractivity (Wildman–Crippen MR) is 99.9 cm³/mol. The summed E-state index contributed by atoms with van der Waals surface area (Å²) in [7, 11) is -0.894. The van der Waals surface area contributed by atoms with Crippen LogP contribution in [-0.2, 0) is 10.0 Å². The number of nitrogens with zero attached hydrogens (tertiary/aromatic N) is 2. The van der Waals surface area contributed by atoms with Crippen LogP contribution in [0.25, 0.3) is 0 Å². The molecule has 0 saturated carbocycles. The van der Waals surface area contributed by atoms with Gasteiger partial charge in [0.2, 0.25) is 5.09 Å². The fraction of sp³-hybridized carbons (Fsp3) is 0.353. The number of furan rings is 1. The van der Waals surface area contributed by atoms with E-state index < -0.39 is 10.0 Å². The molecule has 0 bridgehead atoms. The van der Waals surface area contributed by atoms with Crippen LogP contribution in [0.3, 0.4) is 0 Å². The molecule has 0 unspecified atom stereocenters. The molecule has 0 radical (unpaired) electrons. The zero-order chi connectivity index (χ0) is 18.2. The maximum Gasteiger partial charge on any atom is 0.289 e. The smallest absolute Gasteiger partial charge is 0.289 e. The summed E-state index contributed by atoms with van der Waals surface area (Å²) in [5.41, 5.74) is 7.29. The van der Waals surface area contributed by atoms with E-state index in [2.05, 4.69) is 0 Å². The van der Waals surface area contributed by atoms with Crippen molar-refractivity contribution in [2.75, 3.05) is 27.2 Å². The first kappa shape index (κ1) is 20.4. The lowest BCUT2D eigenvalue weighted by Crippen LogP contribution is -2.32. The lowest BCUT2D eigenvalue weighted by atomic mass is 9.95. The molecule has 1 aliphatic rings. The quantitative estimate of drug-likeness (QED) is 0.840. The average molecular weight is 400 g/mol. The summed E-state index contributed by atoms with van der Waals surface area (Å²) in [6, 6.07) is 12.3. The number of sulfonamides is 1. The summed E-state index contributed by atoms with van der Waals surface area (Å²) in [6.45, 7) is 0.870. The third-order valence-corrected chi connectivity index (χ3v) is 6.10. The number of nitrogens with two attached hydrogens (primary N) is 1. The molecule has 142 valence electrons. The second-order valence-corrected chi connectivity index (χ2v) is 8.38. The summed E-state index contributed by atoms with van der Waals surface area (Å²) < 4.78 is 30.5. The third-order valence-electron chi connectivity index (χ3n) is 4.41. The first-order valence-corrected chi connectivity index (χ1v) is 9.37. The van der Waals surface area contributed by atoms with Gasteiger partial charge in [-0.3, -0.25) is 4.79 Å². The molecule has 2 aromatic rings. The Morgan fingerprint density at radius 3 is 2.42 bits per heavy atom. The molecule has 26 heavy (non-hydrogen) atoms. The van der Waals surface area contributed by atoms with Gasteiger partial charge in [0.1, 0.15) is 0 Å². The van der Waals surface area contributed by atoms with Gasteiger partial charge in [-0.1, -0.05) is 30.3 Å². The predicted octanol–water partition coefficient (Wildman–Crippen LogP) is 1.52. The van der Waals surface area contributed by atoms with E-state index in [0.29, 0.717) is 13.1 Å². The lowest BCUT2D eigenvalue weighted by molar-refractivity contribution is 0.0751. The van der Waals surface area contributed by atoms with Crippen LogP contribution >= 0.6 is 12.4 Å². The van der Waals surface area contributed by atoms with Gasteiger partial charge in [-0.15, -0.1) is 12.4 Å². The molecule has 2 atom stereocenters. The van der Waals surface area contributed by atoms with Gasteiger partial charge in [-0.2, -0.15) is 0 Å². The minimum absolute atomic E-state index is 0. The van der Waals surface area contributed by atoms with Crippen LogP contribution in [0.2, 0.25) is 0 Å². The summed E-state index contributed by atoms with van der Waals surface area (Å²) in [6.07, 6.45) is 0. The molecule has 0 aliphatic carbocycles. The first-order chi connectivity index (χ1) is 11.8. The minimum atomic E-state index is -3.71. The van der Waals surface area contributed by atoms with Crippen molar-refractivity contribution >= 4 is 28.3 Å². The number of carbonyl (C=O) groups is 1. The molecule has 1 aromatic carbocycles. The maximum absolute atomic E-state index is 12.6. The third kappa shape index (κ3) is 3.78. The van der Waals surface area contributed by atoms with Crippen LogP contribution < -0.4 is 5.73 Å². The van der Waals surface area contributed by atoms with E-state index in [4.69, 9.17) is 10.2 Å². The Morgan fingerprint density at radius 2 is 1.81 bits per heavy atom. The number of rotatable bonds is 4. The van der Waals surface area contributed by atoms with Crippen LogP contribution in [-0.4, -0.2) is 56.8 Å². The van der Waals surface area contributed by atoms with Gasteiger partial charge < -0.3 is 15.1 Å². The first-order valence-electron chi connectivity index (χ1n) is 7.93. The molecule has 1 amide bonds. The van der Waals surface area contributed by atoms with Crippen LogP contribution in [0.4, 0.5) is 0 Å². The molecular weight excluding hydrogens is 378 g/mol. The molecule has 2 N–H and O–H groups in total. The van der Waals surface area contributed by atoms with Crippen molar-refractivity contribution in [3.8, 4) is 0 Å². The largest absolute Gasteiger partial charge is 0.438 e. The highest BCUT2D eigenvalue weighted by atomic mass is 35.5. The van der Waals surface area contributed by atoms with Gasteiger partial charge >= 0.3 is 0 Å². The van der Waals surface area contributed by atoms with Gasteiger partial charge in [-0.05, 0) is 17.7 Å². The van der Waals surface area contributed by atoms with Crippen molar-refractivity contribution in [1.82, 2.24) is 9.21 Å². The molecule has 7 nitrogen and oxygen atoms in total. The Hall–Kier alpha value is -1.87. The molecule has 1 aliphatic heterocycles. The van der Waals surface area contributed by atoms with E-state index in [9.17, 15) is 13.2 Å². The summed E-state index contributed by atoms with van der Waals surface area (Å²) in [5, 5.41) is -0.246. The SMILES string of the molecule is CN(C)S(=O)(=O)c1ccc(C(=O)N2C[C@@H](N)[C@H](c3ccccc3)C2)o1.Cl. The van der Waals surface area contributed by atoms with E-state index in [1.165, 1.54) is 26.2 Å². The number of benzene rings is 1. The molecule has 0 spiro atoms. The van der Waals surface area contributed by atoms with Gasteiger partial charge in [0.05, 0.1) is 0 Å². The van der Waals surface area contributed by atoms with Crippen LogP contribution in [0, 0.1) is 0 Å². The van der Waals surface area contributed by atoms with Crippen molar-refractivity contribution in [2.45, 2.75) is 17.1 Å². The lowest BCUT2D eigenvalue weighted by Gasteiger charge is -2.15. The fourth-order valence-electron chi connectivity index (χ4n) is 2.96. The number of amides is 1. The molecule has 2 heterocycles. The second kappa shape index (κ2) is 7.79. The number of carbonyl (C=O) groups excluding carboxylic acids is 1. The van der Waals surface area contributed by atoms with Crippen LogP contribution in [0.15, 0.2) is 52.0 Å². The highest BCUT2D eigenvalue weighted by molar-refractivity contribution is 7.88. The van der Waals surface area contributed by atoms with E-state index in [0.717, 1.165) is 9.87 Å². The molecular formula is C17H22ClN3O4S.